The van der Waals surface area contributed by atoms with E-state index in [0.29, 0.717) is 10.6 Å². The second-order valence-electron chi connectivity index (χ2n) is 12.3. The van der Waals surface area contributed by atoms with Crippen molar-refractivity contribution in [3.8, 4) is 11.5 Å². The molecule has 9 heteroatoms. The average molecular weight is 619 g/mol. The number of benzene rings is 3. The van der Waals surface area contributed by atoms with Gasteiger partial charge in [-0.1, -0.05) is 35.9 Å². The largest absolute Gasteiger partial charge is 0.496 e. The number of aromatic carboxylic acids is 1. The van der Waals surface area contributed by atoms with Gasteiger partial charge in [0.15, 0.2) is 5.60 Å². The van der Waals surface area contributed by atoms with E-state index in [9.17, 15) is 9.90 Å². The lowest BCUT2D eigenvalue weighted by molar-refractivity contribution is -0.0452. The molecule has 44 heavy (non-hydrogen) atoms. The number of fused-ring (bicyclic) bond motifs is 2. The van der Waals surface area contributed by atoms with Crippen LogP contribution in [0.5, 0.6) is 11.5 Å². The summed E-state index contributed by atoms with van der Waals surface area (Å²) in [6.45, 7) is 6.06. The van der Waals surface area contributed by atoms with Gasteiger partial charge in [-0.25, -0.2) is 4.79 Å². The second-order valence-corrected chi connectivity index (χ2v) is 12.7. The van der Waals surface area contributed by atoms with Gasteiger partial charge >= 0.3 is 5.97 Å². The Kier molecular flexibility index (Phi) is 6.78. The van der Waals surface area contributed by atoms with Crippen LogP contribution < -0.4 is 19.7 Å². The average Bonchev–Trinajstić information content (AvgIpc) is 3.34. The second kappa shape index (κ2) is 11.7. The number of piperidine rings is 1. The smallest absolute Gasteiger partial charge is 0.335 e. The summed E-state index contributed by atoms with van der Waals surface area (Å²) in [5, 5.41) is 13.5. The quantitative estimate of drug-likeness (QED) is 0.292. The summed E-state index contributed by atoms with van der Waals surface area (Å²) in [4.78, 5) is 16.4. The van der Waals surface area contributed by atoms with Crippen LogP contribution in [-0.2, 0) is 10.3 Å². The van der Waals surface area contributed by atoms with Crippen LogP contribution in [-0.4, -0.2) is 68.1 Å². The summed E-state index contributed by atoms with van der Waals surface area (Å²) in [6, 6.07) is 16.5. The molecule has 2 saturated heterocycles. The number of carboxylic acids is 1. The molecule has 1 unspecified atom stereocenters. The fourth-order valence-electron chi connectivity index (χ4n) is 6.92. The van der Waals surface area contributed by atoms with Gasteiger partial charge in [-0.2, -0.15) is 0 Å². The number of halogens is 1. The third-order valence-electron chi connectivity index (χ3n) is 9.46. The molecule has 230 valence electrons. The van der Waals surface area contributed by atoms with E-state index in [0.717, 1.165) is 80.3 Å². The molecular formula is C35H38ClN3O5. The van der Waals surface area contributed by atoms with E-state index in [1.54, 1.807) is 24.3 Å². The van der Waals surface area contributed by atoms with E-state index in [1.165, 1.54) is 6.07 Å². The highest BCUT2D eigenvalue weighted by molar-refractivity contribution is 6.30. The number of hydrogen-bond donors (Lipinski definition) is 2. The van der Waals surface area contributed by atoms with Crippen molar-refractivity contribution in [3.05, 3.63) is 87.9 Å². The molecule has 4 heterocycles. The van der Waals surface area contributed by atoms with E-state index in [-0.39, 0.29) is 29.5 Å². The fourth-order valence-corrected chi connectivity index (χ4v) is 7.09. The zero-order chi connectivity index (χ0) is 32.9. The van der Waals surface area contributed by atoms with Crippen LogP contribution in [0.4, 0.5) is 11.4 Å². The molecule has 3 atom stereocenters. The van der Waals surface area contributed by atoms with E-state index < -0.39 is 18.6 Å². The molecule has 0 bridgehead atoms. The number of hydrogen-bond acceptors (Lipinski definition) is 7. The zero-order valence-electron chi connectivity index (χ0n) is 27.6. The number of carbonyl (C=O) groups is 1. The minimum atomic E-state index is -2.63. The van der Waals surface area contributed by atoms with Crippen LogP contribution >= 0.6 is 11.6 Å². The van der Waals surface area contributed by atoms with Gasteiger partial charge in [0.1, 0.15) is 17.7 Å². The van der Waals surface area contributed by atoms with Crippen LogP contribution in [0.3, 0.4) is 0 Å². The number of methoxy groups -OCH3 is 1. The number of likely N-dealkylation sites (tertiary alicyclic amines) is 1. The van der Waals surface area contributed by atoms with Gasteiger partial charge in [0, 0.05) is 35.8 Å². The van der Waals surface area contributed by atoms with Gasteiger partial charge < -0.3 is 29.5 Å². The van der Waals surface area contributed by atoms with Crippen molar-refractivity contribution in [2.45, 2.75) is 50.0 Å². The van der Waals surface area contributed by atoms with Gasteiger partial charge in [0.2, 0.25) is 0 Å². The molecule has 7 rings (SSSR count). The summed E-state index contributed by atoms with van der Waals surface area (Å²) >= 11 is 6.22. The van der Waals surface area contributed by atoms with E-state index in [4.69, 9.17) is 29.9 Å². The molecule has 4 aliphatic heterocycles. The number of carboxylic acid groups (broad SMARTS) is 1. The van der Waals surface area contributed by atoms with Gasteiger partial charge in [-0.05, 0) is 93.2 Å². The van der Waals surface area contributed by atoms with Crippen LogP contribution in [0.1, 0.15) is 63.3 Å². The summed E-state index contributed by atoms with van der Waals surface area (Å²) in [7, 11) is -2.63. The molecule has 4 aliphatic rings. The number of ether oxygens (including phenoxy) is 3. The first-order valence-corrected chi connectivity index (χ1v) is 15.6. The third-order valence-corrected chi connectivity index (χ3v) is 9.70. The SMILES string of the molecule is [2H]C([2H])([2H])Oc1cc(Cl)ccc1[C@@]1(C)C=Cc2cccc(C3CCN(CC4Nc5cc(C(=O)O)ccc5N4C[C@@H]4CCO4)CC3)c2O1. The molecule has 2 N–H and O–H groups in total. The molecule has 3 aromatic rings. The van der Waals surface area contributed by atoms with E-state index >= 15 is 0 Å². The highest BCUT2D eigenvalue weighted by atomic mass is 35.5. The van der Waals surface area contributed by atoms with Gasteiger partial charge in [0.05, 0.1) is 34.2 Å². The van der Waals surface area contributed by atoms with Crippen LogP contribution in [0.25, 0.3) is 6.08 Å². The first-order valence-electron chi connectivity index (χ1n) is 16.7. The number of nitrogens with one attached hydrogen (secondary N) is 1. The summed E-state index contributed by atoms with van der Waals surface area (Å²) in [5.41, 5.74) is 3.88. The maximum atomic E-state index is 11.6. The molecule has 2 fully saturated rings. The minimum absolute atomic E-state index is 0.0131. The van der Waals surface area contributed by atoms with Crippen molar-refractivity contribution in [2.75, 3.05) is 50.0 Å². The van der Waals surface area contributed by atoms with Crippen molar-refractivity contribution >= 4 is 35.0 Å². The molecule has 3 aromatic carbocycles. The molecule has 0 amide bonds. The lowest BCUT2D eigenvalue weighted by Crippen LogP contribution is -2.51. The lowest BCUT2D eigenvalue weighted by Gasteiger charge is -2.39. The number of para-hydroxylation sites is 1. The number of anilines is 2. The Morgan fingerprint density at radius 1 is 1.16 bits per heavy atom. The first kappa shape index (κ1) is 25.6. The molecule has 0 spiro atoms. The fraction of sp³-hybridized carbons (Fsp3) is 0.400. The summed E-state index contributed by atoms with van der Waals surface area (Å²) in [6.07, 6.45) is 7.09. The molecule has 8 nitrogen and oxygen atoms in total. The summed E-state index contributed by atoms with van der Waals surface area (Å²) < 4.78 is 40.9. The normalized spacial score (nSPS) is 25.9. The van der Waals surface area contributed by atoms with Crippen molar-refractivity contribution in [2.24, 2.45) is 0 Å². The summed E-state index contributed by atoms with van der Waals surface area (Å²) in [5.74, 6) is 0.319. The van der Waals surface area contributed by atoms with Gasteiger partial charge in [0.25, 0.3) is 0 Å². The predicted molar refractivity (Wildman–Crippen MR) is 172 cm³/mol. The van der Waals surface area contributed by atoms with Crippen molar-refractivity contribution in [1.29, 1.82) is 0 Å². The Morgan fingerprint density at radius 2 is 2.00 bits per heavy atom. The standard InChI is InChI=1S/C35H38ClN3O5/c1-35(28-8-7-25(36)19-31(28)42-2)14-10-23-4-3-5-27(33(23)44-35)22-11-15-38(16-12-22)21-32-37-29-18-24(34(40)41)6-9-30(29)39(32)20-26-13-17-43-26/h3-10,14,18-19,22,26,32,37H,11-13,15-17,20-21H2,1-2H3,(H,40,41)/t26-,32?,35+/m0/s1/i2D3. The predicted octanol–water partition coefficient (Wildman–Crippen LogP) is 6.59. The number of rotatable bonds is 8. The lowest BCUT2D eigenvalue weighted by atomic mass is 9.85. The maximum absolute atomic E-state index is 11.6. The Morgan fingerprint density at radius 3 is 2.75 bits per heavy atom. The molecule has 0 radical (unpaired) electrons. The monoisotopic (exact) mass is 618 g/mol. The molecular weight excluding hydrogens is 578 g/mol. The third kappa shape index (κ3) is 5.40. The van der Waals surface area contributed by atoms with Crippen LogP contribution in [0.15, 0.2) is 60.7 Å². The van der Waals surface area contributed by atoms with Gasteiger partial charge in [-0.3, -0.25) is 4.90 Å². The van der Waals surface area contributed by atoms with Crippen molar-refractivity contribution in [1.82, 2.24) is 4.90 Å². The highest BCUT2D eigenvalue weighted by Crippen LogP contribution is 2.46. The van der Waals surface area contributed by atoms with Crippen LogP contribution in [0.2, 0.25) is 5.02 Å². The Labute approximate surface area is 267 Å². The minimum Gasteiger partial charge on any atom is -0.496 e. The zero-order valence-corrected chi connectivity index (χ0v) is 25.3. The first-order chi connectivity index (χ1) is 22.5. The van der Waals surface area contributed by atoms with E-state index in [2.05, 4.69) is 27.2 Å². The van der Waals surface area contributed by atoms with E-state index in [1.807, 2.05) is 31.2 Å². The molecule has 0 aromatic heterocycles. The van der Waals surface area contributed by atoms with Crippen molar-refractivity contribution in [3.63, 3.8) is 0 Å². The molecule has 0 aliphatic carbocycles. The van der Waals surface area contributed by atoms with Gasteiger partial charge in [-0.15, -0.1) is 0 Å². The topological polar surface area (TPSA) is 83.5 Å². The Bertz CT molecular complexity index is 1710. The molecule has 0 saturated carbocycles. The maximum Gasteiger partial charge on any atom is 0.335 e. The Hall–Kier alpha value is -3.72. The Balaban J connectivity index is 1.06. The van der Waals surface area contributed by atoms with Crippen molar-refractivity contribution < 1.29 is 28.2 Å². The van der Waals surface area contributed by atoms with Crippen LogP contribution in [0, 0.1) is 0 Å². The number of nitrogens with zero attached hydrogens (tertiary/aromatic N) is 2. The highest BCUT2D eigenvalue weighted by Gasteiger charge is 2.37.